The number of carbonyl (C=O) groups excluding carboxylic acids is 1. The molecule has 0 N–H and O–H groups in total. The monoisotopic (exact) mass is 272 g/mol. The number of allylic oxidation sites excluding steroid dienone is 1. The number of hydrogen-bond acceptors (Lipinski definition) is 1. The number of hydrogen-bond donors (Lipinski definition) is 0. The molecule has 0 aliphatic carbocycles. The predicted octanol–water partition coefficient (Wildman–Crippen LogP) is 2.89. The zero-order valence-electron chi connectivity index (χ0n) is 6.75. The van der Waals surface area contributed by atoms with Gasteiger partial charge >= 0.3 is 0 Å². The maximum Gasteiger partial charge on any atom is 0.152 e. The molecule has 0 aliphatic heterocycles. The van der Waals surface area contributed by atoms with Crippen molar-refractivity contribution in [1.29, 1.82) is 0 Å². The second kappa shape index (κ2) is 4.40. The summed E-state index contributed by atoms with van der Waals surface area (Å²) in [6.07, 6.45) is 3.39. The van der Waals surface area contributed by atoms with E-state index < -0.39 is 0 Å². The fourth-order valence-corrected chi connectivity index (χ4v) is 1.15. The third-order valence-electron chi connectivity index (χ3n) is 1.38. The van der Waals surface area contributed by atoms with Crippen molar-refractivity contribution < 1.29 is 4.79 Å². The Kier molecular flexibility index (Phi) is 3.47. The van der Waals surface area contributed by atoms with Gasteiger partial charge in [0, 0.05) is 3.57 Å². The van der Waals surface area contributed by atoms with Crippen LogP contribution < -0.4 is 0 Å². The van der Waals surface area contributed by atoms with Crippen molar-refractivity contribution in [3.05, 3.63) is 39.5 Å². The van der Waals surface area contributed by atoms with Crippen molar-refractivity contribution in [3.8, 4) is 0 Å². The topological polar surface area (TPSA) is 17.1 Å². The number of benzene rings is 1. The van der Waals surface area contributed by atoms with Gasteiger partial charge in [0.25, 0.3) is 0 Å². The van der Waals surface area contributed by atoms with E-state index in [4.69, 9.17) is 0 Å². The van der Waals surface area contributed by atoms with Crippen molar-refractivity contribution in [3.63, 3.8) is 0 Å². The van der Waals surface area contributed by atoms with Gasteiger partial charge in [0.15, 0.2) is 5.78 Å². The van der Waals surface area contributed by atoms with Crippen LogP contribution in [0.5, 0.6) is 0 Å². The largest absolute Gasteiger partial charge is 0.295 e. The van der Waals surface area contributed by atoms with E-state index in [1.165, 1.54) is 3.57 Å². The van der Waals surface area contributed by atoms with Crippen LogP contribution in [-0.2, 0) is 4.79 Å². The third-order valence-corrected chi connectivity index (χ3v) is 2.10. The summed E-state index contributed by atoms with van der Waals surface area (Å²) in [5.41, 5.74) is 1.06. The molecule has 0 spiro atoms. The fourth-order valence-electron chi connectivity index (χ4n) is 0.787. The quantitative estimate of drug-likeness (QED) is 0.597. The second-order valence-electron chi connectivity index (χ2n) is 2.50. The second-order valence-corrected chi connectivity index (χ2v) is 3.74. The summed E-state index contributed by atoms with van der Waals surface area (Å²) in [4.78, 5) is 10.6. The van der Waals surface area contributed by atoms with Crippen LogP contribution in [0.3, 0.4) is 0 Å². The molecule has 12 heavy (non-hydrogen) atoms. The van der Waals surface area contributed by atoms with Gasteiger partial charge in [-0.15, -0.1) is 0 Å². The van der Waals surface area contributed by atoms with Crippen molar-refractivity contribution in [2.45, 2.75) is 6.92 Å². The van der Waals surface area contributed by atoms with Gasteiger partial charge in [-0.2, -0.15) is 0 Å². The highest BCUT2D eigenvalue weighted by Gasteiger charge is 1.87. The molecule has 0 fully saturated rings. The number of carbonyl (C=O) groups is 1. The molecular weight excluding hydrogens is 263 g/mol. The van der Waals surface area contributed by atoms with E-state index in [1.807, 2.05) is 30.3 Å². The third kappa shape index (κ3) is 3.17. The van der Waals surface area contributed by atoms with Gasteiger partial charge in [0.1, 0.15) is 0 Å². The van der Waals surface area contributed by atoms with Crippen molar-refractivity contribution in [2.75, 3.05) is 0 Å². The normalized spacial score (nSPS) is 10.5. The predicted molar refractivity (Wildman–Crippen MR) is 58.9 cm³/mol. The molecule has 0 unspecified atom stereocenters. The van der Waals surface area contributed by atoms with E-state index in [9.17, 15) is 4.79 Å². The number of rotatable bonds is 2. The Morgan fingerprint density at radius 3 is 2.42 bits per heavy atom. The van der Waals surface area contributed by atoms with E-state index in [-0.39, 0.29) is 5.78 Å². The van der Waals surface area contributed by atoms with Crippen LogP contribution >= 0.6 is 22.6 Å². The van der Waals surface area contributed by atoms with Crippen LogP contribution in [0.4, 0.5) is 0 Å². The lowest BCUT2D eigenvalue weighted by molar-refractivity contribution is -0.112. The van der Waals surface area contributed by atoms with E-state index in [1.54, 1.807) is 13.0 Å². The minimum atomic E-state index is 0.0774. The van der Waals surface area contributed by atoms with Crippen LogP contribution in [0.1, 0.15) is 12.5 Å². The molecule has 1 rings (SSSR count). The molecule has 0 aromatic heterocycles. The molecule has 1 nitrogen and oxygen atoms in total. The molecule has 0 heterocycles. The molecule has 0 radical (unpaired) electrons. The average molecular weight is 272 g/mol. The van der Waals surface area contributed by atoms with Gasteiger partial charge in [0.2, 0.25) is 0 Å². The van der Waals surface area contributed by atoms with Gasteiger partial charge in [-0.3, -0.25) is 4.79 Å². The minimum absolute atomic E-state index is 0.0774. The summed E-state index contributed by atoms with van der Waals surface area (Å²) in [5.74, 6) is 0.0774. The Hall–Kier alpha value is -0.640. The molecule has 0 aliphatic rings. The molecule has 0 saturated carbocycles. The first-order chi connectivity index (χ1) is 5.68. The first-order valence-electron chi connectivity index (χ1n) is 3.63. The standard InChI is InChI=1S/C10H9IO/c1-8(12)2-3-9-4-6-10(11)7-5-9/h2-7H,1H3. The summed E-state index contributed by atoms with van der Waals surface area (Å²) in [6, 6.07) is 8.00. The average Bonchev–Trinajstić information content (AvgIpc) is 2.03. The zero-order valence-corrected chi connectivity index (χ0v) is 8.91. The maximum atomic E-state index is 10.6. The zero-order chi connectivity index (χ0) is 8.97. The Balaban J connectivity index is 2.77. The van der Waals surface area contributed by atoms with E-state index in [0.29, 0.717) is 0 Å². The number of ketones is 1. The lowest BCUT2D eigenvalue weighted by Crippen LogP contribution is -1.80. The van der Waals surface area contributed by atoms with E-state index >= 15 is 0 Å². The Labute approximate surface area is 85.6 Å². The van der Waals surface area contributed by atoms with Crippen molar-refractivity contribution in [1.82, 2.24) is 0 Å². The van der Waals surface area contributed by atoms with Crippen LogP contribution in [-0.4, -0.2) is 5.78 Å². The minimum Gasteiger partial charge on any atom is -0.295 e. The van der Waals surface area contributed by atoms with Crippen LogP contribution in [0.25, 0.3) is 6.08 Å². The van der Waals surface area contributed by atoms with Crippen LogP contribution in [0.2, 0.25) is 0 Å². The maximum absolute atomic E-state index is 10.6. The van der Waals surface area contributed by atoms with Crippen LogP contribution in [0, 0.1) is 3.57 Å². The van der Waals surface area contributed by atoms with Gasteiger partial charge in [-0.25, -0.2) is 0 Å². The summed E-state index contributed by atoms with van der Waals surface area (Å²) >= 11 is 2.25. The molecular formula is C10H9IO. The Morgan fingerprint density at radius 2 is 1.92 bits per heavy atom. The Morgan fingerprint density at radius 1 is 1.33 bits per heavy atom. The molecule has 2 heteroatoms. The Bertz CT molecular complexity index is 298. The van der Waals surface area contributed by atoms with Gasteiger partial charge in [-0.05, 0) is 53.3 Å². The number of halogens is 1. The molecule has 0 atom stereocenters. The molecule has 0 amide bonds. The molecule has 62 valence electrons. The van der Waals surface area contributed by atoms with Gasteiger partial charge in [0.05, 0.1) is 0 Å². The molecule has 1 aromatic rings. The highest BCUT2D eigenvalue weighted by Crippen LogP contribution is 2.07. The summed E-state index contributed by atoms with van der Waals surface area (Å²) in [5, 5.41) is 0. The highest BCUT2D eigenvalue weighted by molar-refractivity contribution is 14.1. The van der Waals surface area contributed by atoms with Crippen LogP contribution in [0.15, 0.2) is 30.3 Å². The first kappa shape index (κ1) is 9.45. The highest BCUT2D eigenvalue weighted by atomic mass is 127. The summed E-state index contributed by atoms with van der Waals surface area (Å²) < 4.78 is 1.20. The molecule has 0 bridgehead atoms. The van der Waals surface area contributed by atoms with Crippen molar-refractivity contribution in [2.24, 2.45) is 0 Å². The smallest absolute Gasteiger partial charge is 0.152 e. The summed E-state index contributed by atoms with van der Waals surface area (Å²) in [6.45, 7) is 1.54. The van der Waals surface area contributed by atoms with Crippen molar-refractivity contribution >= 4 is 34.5 Å². The van der Waals surface area contributed by atoms with Gasteiger partial charge < -0.3 is 0 Å². The SMILES string of the molecule is CC(=O)C=Cc1ccc(I)cc1. The molecule has 1 aromatic carbocycles. The molecule has 0 saturated heterocycles. The summed E-state index contributed by atoms with van der Waals surface area (Å²) in [7, 11) is 0. The first-order valence-corrected chi connectivity index (χ1v) is 4.70. The van der Waals surface area contributed by atoms with E-state index in [0.717, 1.165) is 5.56 Å². The van der Waals surface area contributed by atoms with E-state index in [2.05, 4.69) is 22.6 Å². The fraction of sp³-hybridized carbons (Fsp3) is 0.100. The lowest BCUT2D eigenvalue weighted by atomic mass is 10.2. The van der Waals surface area contributed by atoms with Gasteiger partial charge in [-0.1, -0.05) is 18.2 Å². The lowest BCUT2D eigenvalue weighted by Gasteiger charge is -1.91.